The van der Waals surface area contributed by atoms with Crippen molar-refractivity contribution in [3.63, 3.8) is 0 Å². The van der Waals surface area contributed by atoms with Crippen LogP contribution in [-0.2, 0) is 11.3 Å². The van der Waals surface area contributed by atoms with Crippen LogP contribution in [0.4, 0.5) is 22.0 Å². The van der Waals surface area contributed by atoms with E-state index in [1.165, 1.54) is 11.3 Å². The fraction of sp³-hybridized carbons (Fsp3) is 0.227. The highest BCUT2D eigenvalue weighted by atomic mass is 32.1. The molecule has 1 aromatic carbocycles. The van der Waals surface area contributed by atoms with Gasteiger partial charge in [0.15, 0.2) is 0 Å². The third kappa shape index (κ3) is 5.59. The molecule has 3 N–H and O–H groups in total. The lowest BCUT2D eigenvalue weighted by molar-refractivity contribution is 0.103. The van der Waals surface area contributed by atoms with Crippen molar-refractivity contribution in [2.45, 2.75) is 6.54 Å². The number of amides is 3. The average Bonchev–Trinajstić information content (AvgIpc) is 3.34. The number of hydrogen-bond acceptors (Lipinski definition) is 6. The Balaban J connectivity index is 1.34. The van der Waals surface area contributed by atoms with Crippen LogP contribution in [0.5, 0.6) is 0 Å². The van der Waals surface area contributed by atoms with Gasteiger partial charge in [0.2, 0.25) is 0 Å². The normalized spacial score (nSPS) is 13.5. The third-order valence-electron chi connectivity index (χ3n) is 4.74. The fourth-order valence-corrected chi connectivity index (χ4v) is 3.87. The zero-order valence-electron chi connectivity index (χ0n) is 16.8. The number of aromatic nitrogens is 1. The van der Waals surface area contributed by atoms with E-state index in [9.17, 15) is 9.59 Å². The molecule has 0 saturated carbocycles. The summed E-state index contributed by atoms with van der Waals surface area (Å²) >= 11 is 1.37. The minimum atomic E-state index is -0.335. The van der Waals surface area contributed by atoms with Crippen molar-refractivity contribution in [1.29, 1.82) is 0 Å². The Hall–Kier alpha value is -3.43. The maximum atomic E-state index is 12.4. The summed E-state index contributed by atoms with van der Waals surface area (Å²) in [6, 6.07) is 14.1. The van der Waals surface area contributed by atoms with Crippen LogP contribution in [-0.4, -0.2) is 43.2 Å². The Morgan fingerprint density at radius 2 is 1.84 bits per heavy atom. The van der Waals surface area contributed by atoms with Gasteiger partial charge >= 0.3 is 6.03 Å². The first-order valence-corrected chi connectivity index (χ1v) is 10.8. The Kier molecular flexibility index (Phi) is 6.75. The number of nitrogens with one attached hydrogen (secondary N) is 3. The van der Waals surface area contributed by atoms with E-state index in [1.807, 2.05) is 23.6 Å². The number of carbonyl (C=O) groups excluding carboxylic acids is 2. The minimum Gasteiger partial charge on any atom is -0.378 e. The van der Waals surface area contributed by atoms with E-state index in [0.717, 1.165) is 24.5 Å². The van der Waals surface area contributed by atoms with Gasteiger partial charge in [-0.2, -0.15) is 0 Å². The number of anilines is 3. The quantitative estimate of drug-likeness (QED) is 0.548. The number of morpholine rings is 1. The van der Waals surface area contributed by atoms with Gasteiger partial charge in [0.25, 0.3) is 5.91 Å². The van der Waals surface area contributed by atoms with Crippen LogP contribution in [0.1, 0.15) is 15.2 Å². The SMILES string of the molecule is O=C(NCc1cccnc1N1CCOCC1)Nc1cccc(NC(=O)c2cccs2)c1. The molecule has 31 heavy (non-hydrogen) atoms. The number of urea groups is 1. The van der Waals surface area contributed by atoms with Gasteiger partial charge in [0, 0.05) is 42.8 Å². The summed E-state index contributed by atoms with van der Waals surface area (Å²) in [5.74, 6) is 0.688. The van der Waals surface area contributed by atoms with E-state index in [0.29, 0.717) is 36.0 Å². The van der Waals surface area contributed by atoms with Crippen molar-refractivity contribution in [2.75, 3.05) is 41.8 Å². The van der Waals surface area contributed by atoms with Crippen molar-refractivity contribution in [1.82, 2.24) is 10.3 Å². The van der Waals surface area contributed by atoms with Crippen molar-refractivity contribution < 1.29 is 14.3 Å². The smallest absolute Gasteiger partial charge is 0.319 e. The van der Waals surface area contributed by atoms with Gasteiger partial charge in [0.05, 0.1) is 18.1 Å². The van der Waals surface area contributed by atoms with Gasteiger partial charge in [-0.05, 0) is 35.7 Å². The Morgan fingerprint density at radius 1 is 1.03 bits per heavy atom. The summed E-state index contributed by atoms with van der Waals surface area (Å²) in [7, 11) is 0. The second-order valence-electron chi connectivity index (χ2n) is 6.91. The zero-order chi connectivity index (χ0) is 21.5. The van der Waals surface area contributed by atoms with Crippen LogP contribution < -0.4 is 20.9 Å². The summed E-state index contributed by atoms with van der Waals surface area (Å²) in [6.45, 7) is 3.24. The molecule has 1 saturated heterocycles. The van der Waals surface area contributed by atoms with Crippen LogP contribution in [0.25, 0.3) is 0 Å². The number of nitrogens with zero attached hydrogens (tertiary/aromatic N) is 2. The molecular weight excluding hydrogens is 414 g/mol. The van der Waals surface area contributed by atoms with Crippen LogP contribution in [0, 0.1) is 0 Å². The summed E-state index contributed by atoms with van der Waals surface area (Å²) in [6.07, 6.45) is 1.75. The number of rotatable bonds is 6. The number of hydrogen-bond donors (Lipinski definition) is 3. The molecule has 160 valence electrons. The highest BCUT2D eigenvalue weighted by molar-refractivity contribution is 7.12. The van der Waals surface area contributed by atoms with Gasteiger partial charge < -0.3 is 25.6 Å². The van der Waals surface area contributed by atoms with Gasteiger partial charge in [0.1, 0.15) is 5.82 Å². The molecule has 0 radical (unpaired) electrons. The summed E-state index contributed by atoms with van der Waals surface area (Å²) in [5.41, 5.74) is 2.13. The standard InChI is InChI=1S/C22H23N5O3S/c28-21(19-7-3-13-31-19)25-17-5-1-6-18(14-17)26-22(29)24-15-16-4-2-8-23-20(16)27-9-11-30-12-10-27/h1-8,13-14H,9-12,15H2,(H,25,28)(H2,24,26,29). The molecule has 9 heteroatoms. The van der Waals surface area contributed by atoms with Crippen molar-refractivity contribution in [2.24, 2.45) is 0 Å². The molecule has 0 aliphatic carbocycles. The lowest BCUT2D eigenvalue weighted by Crippen LogP contribution is -2.38. The van der Waals surface area contributed by atoms with Crippen molar-refractivity contribution in [3.05, 3.63) is 70.5 Å². The Labute approximate surface area is 184 Å². The number of ether oxygens (including phenoxy) is 1. The zero-order valence-corrected chi connectivity index (χ0v) is 17.7. The Morgan fingerprint density at radius 3 is 2.61 bits per heavy atom. The molecule has 2 aromatic heterocycles. The summed E-state index contributed by atoms with van der Waals surface area (Å²) in [4.78, 5) is 31.9. The maximum absolute atomic E-state index is 12.4. The molecule has 3 aromatic rings. The molecule has 0 bridgehead atoms. The monoisotopic (exact) mass is 437 g/mol. The fourth-order valence-electron chi connectivity index (χ4n) is 3.25. The minimum absolute atomic E-state index is 0.177. The van der Waals surface area contributed by atoms with E-state index in [2.05, 4.69) is 25.8 Å². The van der Waals surface area contributed by atoms with Crippen LogP contribution in [0.2, 0.25) is 0 Å². The van der Waals surface area contributed by atoms with E-state index in [1.54, 1.807) is 36.5 Å². The highest BCUT2D eigenvalue weighted by Crippen LogP contribution is 2.19. The summed E-state index contributed by atoms with van der Waals surface area (Å²) < 4.78 is 5.41. The number of thiophene rings is 1. The van der Waals surface area contributed by atoms with Crippen molar-refractivity contribution in [3.8, 4) is 0 Å². The first kappa shape index (κ1) is 20.8. The number of carbonyl (C=O) groups is 2. The van der Waals surface area contributed by atoms with Gasteiger partial charge in [-0.25, -0.2) is 9.78 Å². The highest BCUT2D eigenvalue weighted by Gasteiger charge is 2.16. The molecule has 3 amide bonds. The van der Waals surface area contributed by atoms with Crippen LogP contribution >= 0.6 is 11.3 Å². The van der Waals surface area contributed by atoms with E-state index >= 15 is 0 Å². The molecule has 3 heterocycles. The lowest BCUT2D eigenvalue weighted by atomic mass is 10.2. The van der Waals surface area contributed by atoms with Crippen LogP contribution in [0.3, 0.4) is 0 Å². The topological polar surface area (TPSA) is 95.6 Å². The van der Waals surface area contributed by atoms with Crippen molar-refractivity contribution >= 4 is 40.5 Å². The maximum Gasteiger partial charge on any atom is 0.319 e. The lowest BCUT2D eigenvalue weighted by Gasteiger charge is -2.29. The van der Waals surface area contributed by atoms with E-state index < -0.39 is 0 Å². The molecule has 0 unspecified atom stereocenters. The van der Waals surface area contributed by atoms with E-state index in [-0.39, 0.29) is 11.9 Å². The predicted molar refractivity (Wildman–Crippen MR) is 122 cm³/mol. The third-order valence-corrected chi connectivity index (χ3v) is 5.61. The molecule has 8 nitrogen and oxygen atoms in total. The number of benzene rings is 1. The molecule has 4 rings (SSSR count). The van der Waals surface area contributed by atoms with Gasteiger partial charge in [-0.1, -0.05) is 18.2 Å². The first-order chi connectivity index (χ1) is 15.2. The summed E-state index contributed by atoms with van der Waals surface area (Å²) in [5, 5.41) is 10.4. The Bertz CT molecular complexity index is 1040. The largest absolute Gasteiger partial charge is 0.378 e. The van der Waals surface area contributed by atoms with Gasteiger partial charge in [-0.15, -0.1) is 11.3 Å². The first-order valence-electron chi connectivity index (χ1n) is 9.95. The molecular formula is C22H23N5O3S. The number of pyridine rings is 1. The van der Waals surface area contributed by atoms with Crippen LogP contribution in [0.15, 0.2) is 60.1 Å². The average molecular weight is 438 g/mol. The molecule has 1 aliphatic heterocycles. The molecule has 0 atom stereocenters. The predicted octanol–water partition coefficient (Wildman–Crippen LogP) is 3.55. The second-order valence-corrected chi connectivity index (χ2v) is 7.85. The molecule has 1 aliphatic rings. The second kappa shape index (κ2) is 10.1. The molecule has 0 spiro atoms. The van der Waals surface area contributed by atoms with E-state index in [4.69, 9.17) is 4.74 Å². The van der Waals surface area contributed by atoms with Gasteiger partial charge in [-0.3, -0.25) is 4.79 Å². The molecule has 1 fully saturated rings.